The molecule has 0 fully saturated rings. The van der Waals surface area contributed by atoms with Crippen LogP contribution < -0.4 is 5.43 Å². The van der Waals surface area contributed by atoms with Crippen molar-refractivity contribution < 1.29 is 4.79 Å². The van der Waals surface area contributed by atoms with E-state index in [-0.39, 0.29) is 5.91 Å². The summed E-state index contributed by atoms with van der Waals surface area (Å²) in [6.07, 6.45) is 1.61. The third kappa shape index (κ3) is 3.29. The molecule has 4 aromatic rings. The number of fused-ring (bicyclic) bond motifs is 1. The number of amides is 1. The Morgan fingerprint density at radius 3 is 2.68 bits per heavy atom. The third-order valence-electron chi connectivity index (χ3n) is 4.79. The van der Waals surface area contributed by atoms with Crippen LogP contribution in [0.4, 0.5) is 0 Å². The van der Waals surface area contributed by atoms with E-state index in [1.54, 1.807) is 17.0 Å². The molecule has 0 aliphatic rings. The monoisotopic (exact) mass is 372 g/mol. The van der Waals surface area contributed by atoms with Crippen molar-refractivity contribution in [3.8, 4) is 11.3 Å². The zero-order valence-corrected chi connectivity index (χ0v) is 15.9. The van der Waals surface area contributed by atoms with E-state index in [9.17, 15) is 4.79 Å². The molecule has 2 heterocycles. The number of aryl methyl sites for hydroxylation is 2. The number of carbonyl (C=O) groups excluding carboxylic acids is 1. The summed E-state index contributed by atoms with van der Waals surface area (Å²) in [5.41, 5.74) is 7.26. The Hall–Kier alpha value is -3.74. The molecule has 0 spiro atoms. The molecule has 0 aliphatic heterocycles. The maximum absolute atomic E-state index is 12.4. The fourth-order valence-corrected chi connectivity index (χ4v) is 3.13. The lowest BCUT2D eigenvalue weighted by Crippen LogP contribution is -2.18. The van der Waals surface area contributed by atoms with Crippen LogP contribution in [0.2, 0.25) is 0 Å². The number of nitrogens with one attached hydrogen (secondary N) is 2. The van der Waals surface area contributed by atoms with Gasteiger partial charge in [0, 0.05) is 23.9 Å². The SMILES string of the molecule is Cc1nn(C)c(C)c1/C=N/NC(=O)c1cc(-c2ccc3ccccc3c2)n[nH]1. The minimum Gasteiger partial charge on any atom is -0.272 e. The van der Waals surface area contributed by atoms with Gasteiger partial charge in [-0.15, -0.1) is 0 Å². The lowest BCUT2D eigenvalue weighted by Gasteiger charge is -2.00. The number of hydrazone groups is 1. The van der Waals surface area contributed by atoms with Crippen molar-refractivity contribution in [2.24, 2.45) is 12.1 Å². The first-order valence-corrected chi connectivity index (χ1v) is 8.91. The van der Waals surface area contributed by atoms with E-state index in [0.29, 0.717) is 11.4 Å². The normalized spacial score (nSPS) is 11.4. The van der Waals surface area contributed by atoms with Gasteiger partial charge in [-0.3, -0.25) is 14.6 Å². The summed E-state index contributed by atoms with van der Waals surface area (Å²) in [6, 6.07) is 15.9. The molecule has 2 aromatic carbocycles. The molecule has 0 unspecified atom stereocenters. The molecular formula is C21H20N6O. The highest BCUT2D eigenvalue weighted by molar-refractivity contribution is 5.95. The zero-order chi connectivity index (χ0) is 19.7. The maximum atomic E-state index is 12.4. The molecule has 2 N–H and O–H groups in total. The Morgan fingerprint density at radius 1 is 1.14 bits per heavy atom. The Kier molecular flexibility index (Phi) is 4.49. The summed E-state index contributed by atoms with van der Waals surface area (Å²) in [4.78, 5) is 12.4. The number of H-pyrrole nitrogens is 1. The Morgan fingerprint density at radius 2 is 1.93 bits per heavy atom. The molecule has 140 valence electrons. The van der Waals surface area contributed by atoms with Crippen molar-refractivity contribution in [3.63, 3.8) is 0 Å². The van der Waals surface area contributed by atoms with Crippen LogP contribution in [0, 0.1) is 13.8 Å². The molecule has 0 aliphatic carbocycles. The molecule has 2 aromatic heterocycles. The van der Waals surface area contributed by atoms with Crippen LogP contribution >= 0.6 is 0 Å². The van der Waals surface area contributed by atoms with Crippen LogP contribution in [0.15, 0.2) is 53.6 Å². The lowest BCUT2D eigenvalue weighted by molar-refractivity contribution is 0.0950. The van der Waals surface area contributed by atoms with E-state index in [1.165, 1.54) is 0 Å². The van der Waals surface area contributed by atoms with Gasteiger partial charge in [0.2, 0.25) is 0 Å². The van der Waals surface area contributed by atoms with Crippen LogP contribution in [0.5, 0.6) is 0 Å². The van der Waals surface area contributed by atoms with Crippen molar-refractivity contribution >= 4 is 22.9 Å². The fraction of sp³-hybridized carbons (Fsp3) is 0.143. The Labute approximate surface area is 162 Å². The van der Waals surface area contributed by atoms with Gasteiger partial charge in [0.1, 0.15) is 5.69 Å². The van der Waals surface area contributed by atoms with E-state index >= 15 is 0 Å². The maximum Gasteiger partial charge on any atom is 0.289 e. The standard InChI is InChI=1S/C21H20N6O/c1-13-18(14(2)27(3)26-13)12-22-25-21(28)20-11-19(23-24-20)17-9-8-15-6-4-5-7-16(15)10-17/h4-12H,1-3H3,(H,23,24)(H,25,28)/b22-12+. The molecular weight excluding hydrogens is 352 g/mol. The Balaban J connectivity index is 1.50. The molecule has 7 heteroatoms. The second-order valence-corrected chi connectivity index (χ2v) is 6.64. The second-order valence-electron chi connectivity index (χ2n) is 6.64. The summed E-state index contributed by atoms with van der Waals surface area (Å²) in [7, 11) is 1.87. The van der Waals surface area contributed by atoms with Gasteiger partial charge < -0.3 is 0 Å². The topological polar surface area (TPSA) is 88.0 Å². The predicted octanol–water partition coefficient (Wildman–Crippen LogP) is 3.34. The fourth-order valence-electron chi connectivity index (χ4n) is 3.13. The van der Waals surface area contributed by atoms with Gasteiger partial charge in [-0.05, 0) is 36.8 Å². The van der Waals surface area contributed by atoms with Crippen molar-refractivity contribution in [3.05, 3.63) is 71.2 Å². The van der Waals surface area contributed by atoms with Crippen LogP contribution in [-0.2, 0) is 7.05 Å². The van der Waals surface area contributed by atoms with Crippen LogP contribution in [0.25, 0.3) is 22.0 Å². The molecule has 4 rings (SSSR count). The highest BCUT2D eigenvalue weighted by Gasteiger charge is 2.11. The molecule has 0 radical (unpaired) electrons. The van der Waals surface area contributed by atoms with Gasteiger partial charge in [-0.2, -0.15) is 15.3 Å². The van der Waals surface area contributed by atoms with E-state index in [0.717, 1.165) is 33.3 Å². The molecule has 0 bridgehead atoms. The predicted molar refractivity (Wildman–Crippen MR) is 109 cm³/mol. The van der Waals surface area contributed by atoms with Crippen molar-refractivity contribution in [2.75, 3.05) is 0 Å². The number of hydrogen-bond acceptors (Lipinski definition) is 4. The third-order valence-corrected chi connectivity index (χ3v) is 4.79. The van der Waals surface area contributed by atoms with E-state index < -0.39 is 0 Å². The van der Waals surface area contributed by atoms with Gasteiger partial charge in [0.25, 0.3) is 5.91 Å². The van der Waals surface area contributed by atoms with Crippen LogP contribution in [0.3, 0.4) is 0 Å². The highest BCUT2D eigenvalue weighted by Crippen LogP contribution is 2.23. The average Bonchev–Trinajstić information content (AvgIpc) is 3.28. The summed E-state index contributed by atoms with van der Waals surface area (Å²) in [5, 5.41) is 17.7. The number of nitrogens with zero attached hydrogens (tertiary/aromatic N) is 4. The first-order valence-electron chi connectivity index (χ1n) is 8.91. The minimum absolute atomic E-state index is 0.347. The molecule has 0 saturated carbocycles. The smallest absolute Gasteiger partial charge is 0.272 e. The van der Waals surface area contributed by atoms with Gasteiger partial charge in [-0.25, -0.2) is 5.43 Å². The molecule has 0 atom stereocenters. The quantitative estimate of drug-likeness (QED) is 0.425. The number of aromatic amines is 1. The Bertz CT molecular complexity index is 1200. The molecule has 28 heavy (non-hydrogen) atoms. The number of carbonyl (C=O) groups is 1. The molecule has 1 amide bonds. The van der Waals surface area contributed by atoms with E-state index in [4.69, 9.17) is 0 Å². The summed E-state index contributed by atoms with van der Waals surface area (Å²) in [5.74, 6) is -0.352. The highest BCUT2D eigenvalue weighted by atomic mass is 16.2. The van der Waals surface area contributed by atoms with Crippen LogP contribution in [0.1, 0.15) is 27.4 Å². The van der Waals surface area contributed by atoms with Gasteiger partial charge in [0.05, 0.1) is 17.6 Å². The number of rotatable bonds is 4. The van der Waals surface area contributed by atoms with Gasteiger partial charge in [-0.1, -0.05) is 36.4 Å². The second kappa shape index (κ2) is 7.11. The van der Waals surface area contributed by atoms with Gasteiger partial charge >= 0.3 is 0 Å². The zero-order valence-electron chi connectivity index (χ0n) is 15.9. The van der Waals surface area contributed by atoms with Crippen LogP contribution in [-0.4, -0.2) is 32.1 Å². The largest absolute Gasteiger partial charge is 0.289 e. The van der Waals surface area contributed by atoms with Crippen molar-refractivity contribution in [1.29, 1.82) is 0 Å². The van der Waals surface area contributed by atoms with E-state index in [1.807, 2.05) is 45.2 Å². The molecule has 0 saturated heterocycles. The van der Waals surface area contributed by atoms with Gasteiger partial charge in [0.15, 0.2) is 0 Å². The number of aromatic nitrogens is 4. The van der Waals surface area contributed by atoms with Crippen molar-refractivity contribution in [1.82, 2.24) is 25.4 Å². The summed E-state index contributed by atoms with van der Waals surface area (Å²) >= 11 is 0. The summed E-state index contributed by atoms with van der Waals surface area (Å²) in [6.45, 7) is 3.86. The molecule has 7 nitrogen and oxygen atoms in total. The number of hydrogen-bond donors (Lipinski definition) is 2. The van der Waals surface area contributed by atoms with Crippen molar-refractivity contribution in [2.45, 2.75) is 13.8 Å². The first kappa shape index (κ1) is 17.7. The lowest BCUT2D eigenvalue weighted by atomic mass is 10.1. The van der Waals surface area contributed by atoms with E-state index in [2.05, 4.69) is 44.0 Å². The first-order chi connectivity index (χ1) is 13.5. The minimum atomic E-state index is -0.352. The number of benzene rings is 2. The summed E-state index contributed by atoms with van der Waals surface area (Å²) < 4.78 is 1.78. The average molecular weight is 372 g/mol.